The Morgan fingerprint density at radius 3 is 0.810 bits per heavy atom. The lowest BCUT2D eigenvalue weighted by atomic mass is 10.0. The molecule has 0 aromatic heterocycles. The van der Waals surface area contributed by atoms with Crippen LogP contribution in [-0.4, -0.2) is 37.2 Å². The van der Waals surface area contributed by atoms with Crippen molar-refractivity contribution in [2.45, 2.75) is 322 Å². The second-order valence-electron chi connectivity index (χ2n) is 22.0. The van der Waals surface area contributed by atoms with Crippen molar-refractivity contribution in [3.8, 4) is 0 Å². The van der Waals surface area contributed by atoms with Gasteiger partial charge in [0.25, 0.3) is 0 Å². The van der Waals surface area contributed by atoms with E-state index in [9.17, 15) is 14.4 Å². The molecule has 0 saturated heterocycles. The standard InChI is InChI=1S/C73H124O6/c1-4-7-10-13-16-19-22-25-27-29-30-31-32-33-34-35-36-37-38-39-40-41-42-44-45-48-51-54-57-60-63-66-72(75)78-69-70(68-77-71(74)65-62-59-56-53-50-47-24-21-18-15-12-9-6-3)79-73(76)67-64-61-58-55-52-49-46-43-28-26-23-20-17-14-11-8-5-2/h7,10,16-17,19-21,24-28,30-31,33-34,36-37,70H,4-6,8-9,11-15,18,22-23,29,32,35,38-69H2,1-3H3/b10-7-,19-16-,20-17-,24-21-,27-25-,28-26-,31-30-,34-33-,37-36-. The van der Waals surface area contributed by atoms with E-state index < -0.39 is 6.10 Å². The second-order valence-corrected chi connectivity index (χ2v) is 22.0. The van der Waals surface area contributed by atoms with E-state index in [2.05, 4.69) is 130 Å². The molecule has 0 aliphatic rings. The molecule has 0 aromatic rings. The van der Waals surface area contributed by atoms with Gasteiger partial charge in [0.2, 0.25) is 0 Å². The number of allylic oxidation sites excluding steroid dienone is 18. The van der Waals surface area contributed by atoms with Crippen molar-refractivity contribution in [1.82, 2.24) is 0 Å². The lowest BCUT2D eigenvalue weighted by Crippen LogP contribution is -2.30. The lowest BCUT2D eigenvalue weighted by Gasteiger charge is -2.18. The first-order valence-corrected chi connectivity index (χ1v) is 33.4. The normalized spacial score (nSPS) is 12.8. The van der Waals surface area contributed by atoms with E-state index in [4.69, 9.17) is 14.2 Å². The first-order valence-electron chi connectivity index (χ1n) is 33.4. The minimum atomic E-state index is -0.788. The highest BCUT2D eigenvalue weighted by Crippen LogP contribution is 2.16. The summed E-state index contributed by atoms with van der Waals surface area (Å²) in [5.41, 5.74) is 0. The van der Waals surface area contributed by atoms with Gasteiger partial charge in [-0.25, -0.2) is 0 Å². The van der Waals surface area contributed by atoms with Crippen molar-refractivity contribution < 1.29 is 28.6 Å². The van der Waals surface area contributed by atoms with E-state index in [1.807, 2.05) is 0 Å². The Morgan fingerprint density at radius 2 is 0.494 bits per heavy atom. The fraction of sp³-hybridized carbons (Fsp3) is 0.712. The molecule has 0 fully saturated rings. The van der Waals surface area contributed by atoms with Gasteiger partial charge in [-0.15, -0.1) is 0 Å². The number of carbonyl (C=O) groups excluding carboxylic acids is 3. The third-order valence-electron chi connectivity index (χ3n) is 14.2. The first-order chi connectivity index (χ1) is 39.0. The van der Waals surface area contributed by atoms with Crippen molar-refractivity contribution in [3.05, 3.63) is 109 Å². The molecule has 0 aromatic carbocycles. The van der Waals surface area contributed by atoms with E-state index >= 15 is 0 Å². The smallest absolute Gasteiger partial charge is 0.306 e. The maximum Gasteiger partial charge on any atom is 0.306 e. The molecule has 452 valence electrons. The number of unbranched alkanes of at least 4 members (excludes halogenated alkanes) is 31. The molecule has 0 bridgehead atoms. The van der Waals surface area contributed by atoms with Crippen LogP contribution < -0.4 is 0 Å². The van der Waals surface area contributed by atoms with Crippen LogP contribution in [-0.2, 0) is 28.6 Å². The van der Waals surface area contributed by atoms with Crippen LogP contribution in [0, 0.1) is 0 Å². The Morgan fingerprint density at radius 1 is 0.266 bits per heavy atom. The van der Waals surface area contributed by atoms with E-state index in [-0.39, 0.29) is 31.1 Å². The third kappa shape index (κ3) is 64.8. The van der Waals surface area contributed by atoms with E-state index in [0.29, 0.717) is 19.3 Å². The van der Waals surface area contributed by atoms with Crippen molar-refractivity contribution >= 4 is 17.9 Å². The summed E-state index contributed by atoms with van der Waals surface area (Å²) in [7, 11) is 0. The maximum absolute atomic E-state index is 12.9. The molecular weight excluding hydrogens is 973 g/mol. The Balaban J connectivity index is 4.26. The van der Waals surface area contributed by atoms with Gasteiger partial charge in [-0.2, -0.15) is 0 Å². The highest BCUT2D eigenvalue weighted by atomic mass is 16.6. The van der Waals surface area contributed by atoms with Crippen molar-refractivity contribution in [2.75, 3.05) is 13.2 Å². The van der Waals surface area contributed by atoms with Crippen molar-refractivity contribution in [2.24, 2.45) is 0 Å². The number of carbonyl (C=O) groups is 3. The SMILES string of the molecule is CC/C=C\C/C=C\C/C=C\C/C=C\C/C=C\C/C=C\CCCCCCCCCCCCCCC(=O)OCC(COC(=O)CCCCCCC/C=C\CCCCCC)OC(=O)CCCCCCCCC/C=C\C/C=C\CCCCC. The average molecular weight is 1100 g/mol. The molecular formula is C73H124O6. The number of ether oxygens (including phenoxy) is 3. The Kier molecular flexibility index (Phi) is 63.3. The molecule has 0 radical (unpaired) electrons. The Hall–Kier alpha value is -3.93. The van der Waals surface area contributed by atoms with Crippen LogP contribution in [0.15, 0.2) is 109 Å². The molecule has 1 unspecified atom stereocenters. The summed E-state index contributed by atoms with van der Waals surface area (Å²) in [6.07, 6.45) is 91.0. The maximum atomic E-state index is 12.9. The highest BCUT2D eigenvalue weighted by molar-refractivity contribution is 5.71. The van der Waals surface area contributed by atoms with E-state index in [1.165, 1.54) is 161 Å². The quantitative estimate of drug-likeness (QED) is 0.0261. The number of rotatable bonds is 60. The summed E-state index contributed by atoms with van der Waals surface area (Å²) in [5.74, 6) is -0.893. The predicted molar refractivity (Wildman–Crippen MR) is 343 cm³/mol. The number of esters is 3. The molecule has 0 amide bonds. The third-order valence-corrected chi connectivity index (χ3v) is 14.2. The topological polar surface area (TPSA) is 78.9 Å². The van der Waals surface area contributed by atoms with Gasteiger partial charge in [0.05, 0.1) is 0 Å². The molecule has 0 heterocycles. The average Bonchev–Trinajstić information content (AvgIpc) is 3.45. The number of hydrogen-bond acceptors (Lipinski definition) is 6. The Labute approximate surface area is 489 Å². The van der Waals surface area contributed by atoms with Crippen LogP contribution in [0.2, 0.25) is 0 Å². The van der Waals surface area contributed by atoms with Gasteiger partial charge in [0.15, 0.2) is 6.10 Å². The van der Waals surface area contributed by atoms with Crippen molar-refractivity contribution in [3.63, 3.8) is 0 Å². The highest BCUT2D eigenvalue weighted by Gasteiger charge is 2.19. The molecule has 6 nitrogen and oxygen atoms in total. The van der Waals surface area contributed by atoms with Gasteiger partial charge in [-0.3, -0.25) is 14.4 Å². The number of hydrogen-bond donors (Lipinski definition) is 0. The second kappa shape index (κ2) is 66.6. The first kappa shape index (κ1) is 75.1. The minimum absolute atomic E-state index is 0.0839. The monoisotopic (exact) mass is 1100 g/mol. The van der Waals surface area contributed by atoms with Gasteiger partial charge in [0.1, 0.15) is 13.2 Å². The van der Waals surface area contributed by atoms with Crippen LogP contribution in [0.3, 0.4) is 0 Å². The van der Waals surface area contributed by atoms with Gasteiger partial charge >= 0.3 is 17.9 Å². The molecule has 0 spiro atoms. The summed E-state index contributed by atoms with van der Waals surface area (Å²) in [6, 6.07) is 0. The fourth-order valence-electron chi connectivity index (χ4n) is 9.24. The zero-order chi connectivity index (χ0) is 57.1. The molecule has 0 saturated carbocycles. The van der Waals surface area contributed by atoms with Crippen LogP contribution in [0.25, 0.3) is 0 Å². The summed E-state index contributed by atoms with van der Waals surface area (Å²) >= 11 is 0. The van der Waals surface area contributed by atoms with E-state index in [0.717, 1.165) is 116 Å². The summed E-state index contributed by atoms with van der Waals surface area (Å²) in [4.78, 5) is 38.3. The molecule has 0 aliphatic heterocycles. The van der Waals surface area contributed by atoms with Crippen LogP contribution in [0.4, 0.5) is 0 Å². The van der Waals surface area contributed by atoms with E-state index in [1.54, 1.807) is 0 Å². The van der Waals surface area contributed by atoms with Gasteiger partial charge in [0, 0.05) is 19.3 Å². The molecule has 0 rings (SSSR count). The van der Waals surface area contributed by atoms with Crippen LogP contribution in [0.1, 0.15) is 316 Å². The largest absolute Gasteiger partial charge is 0.462 e. The van der Waals surface area contributed by atoms with Gasteiger partial charge in [-0.05, 0) is 128 Å². The zero-order valence-corrected chi connectivity index (χ0v) is 51.9. The molecule has 0 N–H and O–H groups in total. The van der Waals surface area contributed by atoms with Gasteiger partial charge < -0.3 is 14.2 Å². The van der Waals surface area contributed by atoms with Crippen molar-refractivity contribution in [1.29, 1.82) is 0 Å². The summed E-state index contributed by atoms with van der Waals surface area (Å²) < 4.78 is 16.9. The zero-order valence-electron chi connectivity index (χ0n) is 51.9. The fourth-order valence-corrected chi connectivity index (χ4v) is 9.24. The molecule has 79 heavy (non-hydrogen) atoms. The van der Waals surface area contributed by atoms with Crippen LogP contribution in [0.5, 0.6) is 0 Å². The predicted octanol–water partition coefficient (Wildman–Crippen LogP) is 23.0. The minimum Gasteiger partial charge on any atom is -0.462 e. The van der Waals surface area contributed by atoms with Crippen LogP contribution >= 0.6 is 0 Å². The van der Waals surface area contributed by atoms with Gasteiger partial charge in [-0.1, -0.05) is 278 Å². The summed E-state index contributed by atoms with van der Waals surface area (Å²) in [6.45, 7) is 6.49. The molecule has 0 aliphatic carbocycles. The lowest BCUT2D eigenvalue weighted by molar-refractivity contribution is -0.167. The summed E-state index contributed by atoms with van der Waals surface area (Å²) in [5, 5.41) is 0. The molecule has 1 atom stereocenters. The Bertz CT molecular complexity index is 1590. The molecule has 6 heteroatoms.